The maximum absolute atomic E-state index is 10.9. The molecule has 106 valence electrons. The molecular formula is C14H17N3O3. The predicted molar refractivity (Wildman–Crippen MR) is 74.8 cm³/mol. The minimum absolute atomic E-state index is 0.0757. The molecule has 3 N–H and O–H groups in total. The predicted octanol–water partition coefficient (Wildman–Crippen LogP) is 2.07. The molecule has 0 spiro atoms. The number of aromatic nitrogens is 2. The molecule has 0 aliphatic carbocycles. The van der Waals surface area contributed by atoms with Crippen LogP contribution in [0.25, 0.3) is 0 Å². The quantitative estimate of drug-likeness (QED) is 0.815. The highest BCUT2D eigenvalue weighted by atomic mass is 16.5. The molecule has 0 aliphatic heterocycles. The van der Waals surface area contributed by atoms with E-state index < -0.39 is 5.97 Å². The zero-order valence-corrected chi connectivity index (χ0v) is 11.5. The second-order valence-electron chi connectivity index (χ2n) is 4.44. The van der Waals surface area contributed by atoms with Gasteiger partial charge in [-0.3, -0.25) is 4.68 Å². The Morgan fingerprint density at radius 2 is 2.20 bits per heavy atom. The Labute approximate surface area is 116 Å². The van der Waals surface area contributed by atoms with E-state index in [0.29, 0.717) is 12.4 Å². The molecule has 0 aliphatic rings. The first-order valence-electron chi connectivity index (χ1n) is 6.30. The van der Waals surface area contributed by atoms with Gasteiger partial charge in [-0.2, -0.15) is 5.10 Å². The Kier molecular flexibility index (Phi) is 3.93. The fraction of sp³-hybridized carbons (Fsp3) is 0.286. The van der Waals surface area contributed by atoms with Crippen molar-refractivity contribution in [3.8, 4) is 5.75 Å². The maximum Gasteiger partial charge on any atom is 0.337 e. The molecule has 0 unspecified atom stereocenters. The molecule has 2 rings (SSSR count). The minimum Gasteiger partial charge on any atom is -0.487 e. The highest BCUT2D eigenvalue weighted by molar-refractivity contribution is 5.93. The van der Waals surface area contributed by atoms with Crippen LogP contribution in [0.3, 0.4) is 0 Å². The number of ether oxygens (including phenoxy) is 1. The van der Waals surface area contributed by atoms with Gasteiger partial charge in [0.05, 0.1) is 17.0 Å². The summed E-state index contributed by atoms with van der Waals surface area (Å²) in [7, 11) is 0. The zero-order valence-electron chi connectivity index (χ0n) is 11.5. The minimum atomic E-state index is -1.05. The summed E-state index contributed by atoms with van der Waals surface area (Å²) >= 11 is 0. The van der Waals surface area contributed by atoms with Gasteiger partial charge in [-0.25, -0.2) is 4.79 Å². The number of hydrogen-bond donors (Lipinski definition) is 2. The normalized spacial score (nSPS) is 10.5. The van der Waals surface area contributed by atoms with E-state index in [1.54, 1.807) is 6.07 Å². The Morgan fingerprint density at radius 3 is 2.80 bits per heavy atom. The molecule has 0 saturated carbocycles. The lowest BCUT2D eigenvalue weighted by atomic mass is 10.2. The third-order valence-corrected chi connectivity index (χ3v) is 2.93. The SMILES string of the molecule is CCn1nc(C)cc1COc1ccc(C(=O)O)c(N)c1. The first-order chi connectivity index (χ1) is 9.51. The van der Waals surface area contributed by atoms with Crippen LogP contribution in [-0.2, 0) is 13.2 Å². The molecule has 0 atom stereocenters. The van der Waals surface area contributed by atoms with E-state index >= 15 is 0 Å². The van der Waals surface area contributed by atoms with E-state index in [1.165, 1.54) is 12.1 Å². The lowest BCUT2D eigenvalue weighted by Crippen LogP contribution is -2.07. The number of aryl methyl sites for hydroxylation is 2. The van der Waals surface area contributed by atoms with Gasteiger partial charge >= 0.3 is 5.97 Å². The van der Waals surface area contributed by atoms with E-state index in [2.05, 4.69) is 5.10 Å². The molecule has 0 bridgehead atoms. The van der Waals surface area contributed by atoms with E-state index in [-0.39, 0.29) is 11.3 Å². The molecule has 0 fully saturated rings. The summed E-state index contributed by atoms with van der Waals surface area (Å²) < 4.78 is 7.50. The van der Waals surface area contributed by atoms with E-state index in [4.69, 9.17) is 15.6 Å². The van der Waals surface area contributed by atoms with Gasteiger partial charge in [-0.05, 0) is 32.0 Å². The van der Waals surface area contributed by atoms with Crippen molar-refractivity contribution in [1.82, 2.24) is 9.78 Å². The number of carbonyl (C=O) groups is 1. The van der Waals surface area contributed by atoms with E-state index in [1.807, 2.05) is 24.6 Å². The topological polar surface area (TPSA) is 90.4 Å². The van der Waals surface area contributed by atoms with Gasteiger partial charge in [0, 0.05) is 18.3 Å². The summed E-state index contributed by atoms with van der Waals surface area (Å²) in [5.74, 6) is -0.511. The Hall–Kier alpha value is -2.50. The largest absolute Gasteiger partial charge is 0.487 e. The monoisotopic (exact) mass is 275 g/mol. The van der Waals surface area contributed by atoms with Crippen LogP contribution in [-0.4, -0.2) is 20.9 Å². The Morgan fingerprint density at radius 1 is 1.45 bits per heavy atom. The van der Waals surface area contributed by atoms with Crippen LogP contribution in [0.5, 0.6) is 5.75 Å². The van der Waals surface area contributed by atoms with Gasteiger partial charge < -0.3 is 15.6 Å². The number of hydrogen-bond acceptors (Lipinski definition) is 4. The van der Waals surface area contributed by atoms with Crippen LogP contribution in [0, 0.1) is 6.92 Å². The molecule has 0 radical (unpaired) electrons. The van der Waals surface area contributed by atoms with Crippen LogP contribution in [0.2, 0.25) is 0 Å². The number of carboxylic acid groups (broad SMARTS) is 1. The number of rotatable bonds is 5. The van der Waals surface area contributed by atoms with Crippen LogP contribution < -0.4 is 10.5 Å². The number of carboxylic acids is 1. The van der Waals surface area contributed by atoms with Crippen LogP contribution in [0.15, 0.2) is 24.3 Å². The van der Waals surface area contributed by atoms with Gasteiger partial charge in [0.2, 0.25) is 0 Å². The lowest BCUT2D eigenvalue weighted by molar-refractivity contribution is 0.0698. The van der Waals surface area contributed by atoms with Gasteiger partial charge in [0.15, 0.2) is 0 Å². The molecule has 20 heavy (non-hydrogen) atoms. The third kappa shape index (κ3) is 2.90. The summed E-state index contributed by atoms with van der Waals surface area (Å²) in [6.45, 7) is 5.07. The van der Waals surface area contributed by atoms with Crippen molar-refractivity contribution in [3.05, 3.63) is 41.2 Å². The number of nitrogen functional groups attached to an aromatic ring is 1. The van der Waals surface area contributed by atoms with Crippen molar-refractivity contribution in [2.75, 3.05) is 5.73 Å². The number of benzene rings is 1. The van der Waals surface area contributed by atoms with Crippen molar-refractivity contribution in [3.63, 3.8) is 0 Å². The molecule has 2 aromatic rings. The first kappa shape index (κ1) is 13.9. The second-order valence-corrected chi connectivity index (χ2v) is 4.44. The van der Waals surface area contributed by atoms with Gasteiger partial charge in [0.25, 0.3) is 0 Å². The molecule has 1 aromatic carbocycles. The Balaban J connectivity index is 2.11. The van der Waals surface area contributed by atoms with Crippen LogP contribution >= 0.6 is 0 Å². The molecule has 0 amide bonds. The molecule has 6 heteroatoms. The van der Waals surface area contributed by atoms with Crippen LogP contribution in [0.4, 0.5) is 5.69 Å². The van der Waals surface area contributed by atoms with Gasteiger partial charge in [-0.1, -0.05) is 0 Å². The average Bonchev–Trinajstić information content (AvgIpc) is 2.76. The smallest absolute Gasteiger partial charge is 0.337 e. The molecular weight excluding hydrogens is 258 g/mol. The molecule has 6 nitrogen and oxygen atoms in total. The standard InChI is InChI=1S/C14H17N3O3/c1-3-17-10(6-9(2)16-17)8-20-11-4-5-12(14(18)19)13(15)7-11/h4-7H,3,8,15H2,1-2H3,(H,18,19). The summed E-state index contributed by atoms with van der Waals surface area (Å²) in [4.78, 5) is 10.9. The molecule has 1 heterocycles. The number of nitrogens with zero attached hydrogens (tertiary/aromatic N) is 2. The fourth-order valence-electron chi connectivity index (χ4n) is 1.97. The summed E-state index contributed by atoms with van der Waals surface area (Å²) in [6, 6.07) is 6.51. The van der Waals surface area contributed by atoms with E-state index in [9.17, 15) is 4.79 Å². The van der Waals surface area contributed by atoms with Gasteiger partial charge in [-0.15, -0.1) is 0 Å². The van der Waals surface area contributed by atoms with Crippen LogP contribution in [0.1, 0.15) is 28.7 Å². The molecule has 1 aromatic heterocycles. The highest BCUT2D eigenvalue weighted by Crippen LogP contribution is 2.21. The van der Waals surface area contributed by atoms with Crippen molar-refractivity contribution in [1.29, 1.82) is 0 Å². The average molecular weight is 275 g/mol. The fourth-order valence-corrected chi connectivity index (χ4v) is 1.97. The Bertz CT molecular complexity index is 635. The highest BCUT2D eigenvalue weighted by Gasteiger charge is 2.09. The van der Waals surface area contributed by atoms with Crippen molar-refractivity contribution in [2.45, 2.75) is 27.0 Å². The number of aromatic carboxylic acids is 1. The summed E-state index contributed by atoms with van der Waals surface area (Å²) in [5, 5.41) is 13.2. The lowest BCUT2D eigenvalue weighted by Gasteiger charge is -2.09. The first-order valence-corrected chi connectivity index (χ1v) is 6.30. The maximum atomic E-state index is 10.9. The van der Waals surface area contributed by atoms with Crippen molar-refractivity contribution < 1.29 is 14.6 Å². The summed E-state index contributed by atoms with van der Waals surface area (Å²) in [5.41, 5.74) is 7.84. The van der Waals surface area contributed by atoms with Crippen molar-refractivity contribution >= 4 is 11.7 Å². The summed E-state index contributed by atoms with van der Waals surface area (Å²) in [6.07, 6.45) is 0. The molecule has 0 saturated heterocycles. The number of anilines is 1. The number of nitrogens with two attached hydrogens (primary N) is 1. The zero-order chi connectivity index (χ0) is 14.7. The van der Waals surface area contributed by atoms with E-state index in [0.717, 1.165) is 17.9 Å². The van der Waals surface area contributed by atoms with Crippen molar-refractivity contribution in [2.24, 2.45) is 0 Å². The van der Waals surface area contributed by atoms with Gasteiger partial charge in [0.1, 0.15) is 12.4 Å². The second kappa shape index (κ2) is 5.64. The third-order valence-electron chi connectivity index (χ3n) is 2.93.